The lowest BCUT2D eigenvalue weighted by atomic mass is 9.88. The number of rotatable bonds is 10. The third kappa shape index (κ3) is 5.55. The van der Waals surface area contributed by atoms with E-state index in [0.717, 1.165) is 41.0 Å². The summed E-state index contributed by atoms with van der Waals surface area (Å²) in [5, 5.41) is 0.602. The third-order valence-electron chi connectivity index (χ3n) is 6.39. The van der Waals surface area contributed by atoms with Crippen molar-refractivity contribution in [2.24, 2.45) is 17.8 Å². The fourth-order valence-corrected chi connectivity index (χ4v) is 5.05. The van der Waals surface area contributed by atoms with Crippen molar-refractivity contribution in [1.29, 1.82) is 0 Å². The summed E-state index contributed by atoms with van der Waals surface area (Å²) in [6, 6.07) is 3.95. The number of benzene rings is 1. The van der Waals surface area contributed by atoms with Gasteiger partial charge < -0.3 is 14.2 Å². The zero-order chi connectivity index (χ0) is 22.9. The number of esters is 1. The molecule has 2 heterocycles. The summed E-state index contributed by atoms with van der Waals surface area (Å²) >= 11 is 8.43. The number of fused-ring (bicyclic) bond motifs is 1. The van der Waals surface area contributed by atoms with Crippen molar-refractivity contribution in [3.05, 3.63) is 58.5 Å². The van der Waals surface area contributed by atoms with Crippen LogP contribution in [0.5, 0.6) is 5.75 Å². The maximum atomic E-state index is 13.1. The van der Waals surface area contributed by atoms with Crippen molar-refractivity contribution < 1.29 is 14.3 Å². The van der Waals surface area contributed by atoms with E-state index in [1.54, 1.807) is 0 Å². The van der Waals surface area contributed by atoms with Crippen molar-refractivity contribution in [2.75, 3.05) is 13.2 Å². The number of ether oxygens (including phenoxy) is 2. The van der Waals surface area contributed by atoms with Gasteiger partial charge >= 0.3 is 5.97 Å². The fourth-order valence-electron chi connectivity index (χ4n) is 4.11. The summed E-state index contributed by atoms with van der Waals surface area (Å²) in [6.07, 6.45) is 13.6. The predicted octanol–water partition coefficient (Wildman–Crippen LogP) is 6.43. The van der Waals surface area contributed by atoms with Crippen molar-refractivity contribution >= 4 is 35.3 Å². The first-order valence-corrected chi connectivity index (χ1v) is 13.1. The Labute approximate surface area is 205 Å². The van der Waals surface area contributed by atoms with Gasteiger partial charge in [0.15, 0.2) is 0 Å². The van der Waals surface area contributed by atoms with Crippen LogP contribution < -0.4 is 9.46 Å². The smallest absolute Gasteiger partial charge is 0.313 e. The molecule has 176 valence electrons. The van der Waals surface area contributed by atoms with E-state index < -0.39 is 0 Å². The Bertz CT molecular complexity index is 1010. The maximum absolute atomic E-state index is 13.1. The Morgan fingerprint density at radius 1 is 1.21 bits per heavy atom. The minimum absolute atomic E-state index is 0.154. The highest BCUT2D eigenvalue weighted by molar-refractivity contribution is 7.95. The van der Waals surface area contributed by atoms with Crippen LogP contribution in [0.4, 0.5) is 0 Å². The number of hydrogen-bond donors (Lipinski definition) is 1. The molecule has 1 aromatic carbocycles. The topological polar surface area (TPSA) is 50.8 Å². The molecule has 7 heteroatoms. The molecule has 0 bridgehead atoms. The van der Waals surface area contributed by atoms with E-state index in [0.29, 0.717) is 42.4 Å². The molecule has 1 unspecified atom stereocenters. The molecule has 2 fully saturated rings. The fraction of sp³-hybridized carbons (Fsp3) is 0.500. The molecular formula is C26H31ClN2O3S. The molecule has 2 aliphatic heterocycles. The molecule has 2 aliphatic carbocycles. The largest absolute Gasteiger partial charge is 0.493 e. The SMILES string of the molecule is CC(C)CC(C(=O)OCC1CC1)c1cc(Cl)c(C2=CC3=CNSN3C=C2)c(OCC2CC2)c1. The van der Waals surface area contributed by atoms with Gasteiger partial charge in [0, 0.05) is 18.0 Å². The van der Waals surface area contributed by atoms with Gasteiger partial charge in [0.25, 0.3) is 0 Å². The second kappa shape index (κ2) is 9.67. The molecular weight excluding hydrogens is 456 g/mol. The molecule has 5 nitrogen and oxygen atoms in total. The van der Waals surface area contributed by atoms with E-state index in [1.807, 2.05) is 24.5 Å². The molecule has 5 rings (SSSR count). The Morgan fingerprint density at radius 3 is 2.70 bits per heavy atom. The standard InChI is InChI=1S/C26H31ClN2O3S/c1-16(2)9-22(26(30)32-15-18-5-6-18)20-11-23(27)25(24(12-20)31-14-17-3-4-17)19-7-8-29-21(10-19)13-28-33-29/h7-8,10-13,16-18,22,28H,3-6,9,14-15H2,1-2H3. The number of carbonyl (C=O) groups is 1. The van der Waals surface area contributed by atoms with Crippen molar-refractivity contribution in [2.45, 2.75) is 51.9 Å². The minimum atomic E-state index is -0.344. The van der Waals surface area contributed by atoms with Crippen LogP contribution in [0, 0.1) is 17.8 Å². The molecule has 2 saturated carbocycles. The summed E-state index contributed by atoms with van der Waals surface area (Å²) in [5.41, 5.74) is 3.82. The zero-order valence-corrected chi connectivity index (χ0v) is 20.8. The van der Waals surface area contributed by atoms with Crippen molar-refractivity contribution in [1.82, 2.24) is 9.03 Å². The van der Waals surface area contributed by atoms with Crippen molar-refractivity contribution in [3.63, 3.8) is 0 Å². The monoisotopic (exact) mass is 486 g/mol. The Hall–Kier alpha value is -2.05. The number of carbonyl (C=O) groups excluding carboxylic acids is 1. The van der Waals surface area contributed by atoms with Gasteiger partial charge in [-0.1, -0.05) is 25.4 Å². The Morgan fingerprint density at radius 2 is 1.97 bits per heavy atom. The highest BCUT2D eigenvalue weighted by atomic mass is 35.5. The molecule has 0 saturated heterocycles. The van der Waals surface area contributed by atoms with Gasteiger partial charge in [-0.2, -0.15) is 0 Å². The lowest BCUT2D eigenvalue weighted by Crippen LogP contribution is -2.19. The average Bonchev–Trinajstić information content (AvgIpc) is 3.72. The number of hydrogen-bond acceptors (Lipinski definition) is 6. The maximum Gasteiger partial charge on any atom is 0.313 e. The molecule has 1 aromatic rings. The summed E-state index contributed by atoms with van der Waals surface area (Å²) in [5.74, 6) is 1.75. The number of halogens is 1. The van der Waals surface area contributed by atoms with Crippen LogP contribution in [-0.2, 0) is 9.53 Å². The molecule has 0 aromatic heterocycles. The van der Waals surface area contributed by atoms with Gasteiger partial charge in [-0.3, -0.25) is 9.10 Å². The number of nitrogens with zero attached hydrogens (tertiary/aromatic N) is 1. The van der Waals surface area contributed by atoms with Crippen LogP contribution in [0.15, 0.2) is 42.4 Å². The van der Waals surface area contributed by atoms with Gasteiger partial charge in [0.05, 0.1) is 42.0 Å². The van der Waals surface area contributed by atoms with Crippen LogP contribution in [0.1, 0.15) is 63.0 Å². The van der Waals surface area contributed by atoms with E-state index in [9.17, 15) is 4.79 Å². The molecule has 1 N–H and O–H groups in total. The van der Waals surface area contributed by atoms with E-state index in [2.05, 4.69) is 35.0 Å². The van der Waals surface area contributed by atoms with Crippen LogP contribution in [0.25, 0.3) is 5.57 Å². The van der Waals surface area contributed by atoms with Crippen LogP contribution >= 0.6 is 23.7 Å². The summed E-state index contributed by atoms with van der Waals surface area (Å²) in [4.78, 5) is 13.1. The number of allylic oxidation sites excluding steroid dienone is 3. The zero-order valence-electron chi connectivity index (χ0n) is 19.2. The third-order valence-corrected chi connectivity index (χ3v) is 7.44. The normalized spacial score (nSPS) is 20.2. The van der Waals surface area contributed by atoms with Gasteiger partial charge in [-0.25, -0.2) is 0 Å². The Kier molecular flexibility index (Phi) is 6.66. The van der Waals surface area contributed by atoms with E-state index in [-0.39, 0.29) is 11.9 Å². The highest BCUT2D eigenvalue weighted by Crippen LogP contribution is 2.42. The molecule has 0 spiro atoms. The minimum Gasteiger partial charge on any atom is -0.493 e. The van der Waals surface area contributed by atoms with Crippen LogP contribution in [0.2, 0.25) is 5.02 Å². The van der Waals surface area contributed by atoms with Crippen LogP contribution in [0.3, 0.4) is 0 Å². The first kappa shape index (κ1) is 22.7. The van der Waals surface area contributed by atoms with Gasteiger partial charge in [-0.05, 0) is 85.3 Å². The molecule has 1 atom stereocenters. The number of nitrogens with one attached hydrogen (secondary N) is 1. The summed E-state index contributed by atoms with van der Waals surface area (Å²) in [6.45, 7) is 5.47. The first-order valence-electron chi connectivity index (χ1n) is 11.9. The highest BCUT2D eigenvalue weighted by Gasteiger charge is 2.30. The predicted molar refractivity (Wildman–Crippen MR) is 133 cm³/mol. The Balaban J connectivity index is 1.48. The van der Waals surface area contributed by atoms with Crippen LogP contribution in [-0.4, -0.2) is 23.5 Å². The van der Waals surface area contributed by atoms with E-state index >= 15 is 0 Å². The second-order valence-electron chi connectivity index (χ2n) is 9.91. The lowest BCUT2D eigenvalue weighted by molar-refractivity contribution is -0.146. The van der Waals surface area contributed by atoms with Gasteiger partial charge in [-0.15, -0.1) is 0 Å². The van der Waals surface area contributed by atoms with Crippen molar-refractivity contribution in [3.8, 4) is 5.75 Å². The molecule has 0 amide bonds. The summed E-state index contributed by atoms with van der Waals surface area (Å²) < 4.78 is 17.2. The molecule has 0 radical (unpaired) electrons. The lowest BCUT2D eigenvalue weighted by Gasteiger charge is -2.23. The van der Waals surface area contributed by atoms with E-state index in [4.69, 9.17) is 21.1 Å². The van der Waals surface area contributed by atoms with Gasteiger partial charge in [0.1, 0.15) is 5.75 Å². The summed E-state index contributed by atoms with van der Waals surface area (Å²) in [7, 11) is 0. The second-order valence-corrected chi connectivity index (χ2v) is 11.1. The quantitative estimate of drug-likeness (QED) is 0.303. The first-order chi connectivity index (χ1) is 16.0. The molecule has 4 aliphatic rings. The molecule has 33 heavy (non-hydrogen) atoms. The average molecular weight is 487 g/mol. The van der Waals surface area contributed by atoms with E-state index in [1.165, 1.54) is 25.0 Å². The van der Waals surface area contributed by atoms with Gasteiger partial charge in [0.2, 0.25) is 0 Å².